The second-order valence-corrected chi connectivity index (χ2v) is 6.59. The number of nitrogens with two attached hydrogens (primary N) is 1. The van der Waals surface area contributed by atoms with Crippen LogP contribution >= 0.6 is 0 Å². The van der Waals surface area contributed by atoms with Gasteiger partial charge in [0.15, 0.2) is 0 Å². The third kappa shape index (κ3) is 4.01. The van der Waals surface area contributed by atoms with Gasteiger partial charge >= 0.3 is 0 Å². The Bertz CT molecular complexity index is 814. The van der Waals surface area contributed by atoms with Crippen LogP contribution in [0.3, 0.4) is 0 Å². The zero-order chi connectivity index (χ0) is 17.0. The summed E-state index contributed by atoms with van der Waals surface area (Å²) in [5.74, 6) is 0.0822. The molecule has 2 aromatic rings. The van der Waals surface area contributed by atoms with Crippen molar-refractivity contribution in [2.45, 2.75) is 18.7 Å². The first-order valence-electron chi connectivity index (χ1n) is 6.99. The molecule has 0 bridgehead atoms. The fraction of sp³-hybridized carbons (Fsp3) is 0.188. The lowest BCUT2D eigenvalue weighted by Crippen LogP contribution is -2.14. The summed E-state index contributed by atoms with van der Waals surface area (Å²) in [7, 11) is -3.72. The molecule has 0 atom stereocenters. The zero-order valence-electron chi connectivity index (χ0n) is 12.9. The quantitative estimate of drug-likeness (QED) is 0.846. The lowest BCUT2D eigenvalue weighted by Gasteiger charge is -2.11. The van der Waals surface area contributed by atoms with Crippen LogP contribution in [-0.4, -0.2) is 20.9 Å². The van der Waals surface area contributed by atoms with Crippen molar-refractivity contribution < 1.29 is 17.9 Å². The van der Waals surface area contributed by atoms with E-state index in [-0.39, 0.29) is 4.90 Å². The number of amides is 1. The number of carbonyl (C=O) groups excluding carboxylic acids is 1. The summed E-state index contributed by atoms with van der Waals surface area (Å²) in [6.07, 6.45) is 0. The molecular weight excluding hydrogens is 316 g/mol. The first-order valence-corrected chi connectivity index (χ1v) is 8.48. The van der Waals surface area contributed by atoms with Gasteiger partial charge in [-0.05, 0) is 61.9 Å². The molecule has 0 aliphatic rings. The minimum absolute atomic E-state index is 0.137. The maximum Gasteiger partial charge on any atom is 0.261 e. The van der Waals surface area contributed by atoms with Crippen molar-refractivity contribution in [2.24, 2.45) is 5.73 Å². The summed E-state index contributed by atoms with van der Waals surface area (Å²) in [4.78, 5) is 11.1. The van der Waals surface area contributed by atoms with E-state index in [0.29, 0.717) is 23.6 Å². The Morgan fingerprint density at radius 3 is 2.35 bits per heavy atom. The Hall–Kier alpha value is -2.54. The highest BCUT2D eigenvalue weighted by atomic mass is 32.2. The maximum atomic E-state index is 12.4. The van der Waals surface area contributed by atoms with E-state index in [9.17, 15) is 13.2 Å². The highest BCUT2D eigenvalue weighted by molar-refractivity contribution is 7.92. The number of anilines is 1. The van der Waals surface area contributed by atoms with Crippen LogP contribution in [0, 0.1) is 6.92 Å². The second-order valence-electron chi connectivity index (χ2n) is 4.91. The molecule has 0 saturated carbocycles. The Kier molecular flexibility index (Phi) is 4.90. The van der Waals surface area contributed by atoms with Crippen LogP contribution in [0.25, 0.3) is 0 Å². The standard InChI is InChI=1S/C16H18N2O4S/c1-3-22-15-9-8-14(10-11(15)2)23(20,21)18-13-6-4-12(5-7-13)16(17)19/h4-10,18H,3H2,1-2H3,(H2,17,19). The van der Waals surface area contributed by atoms with Gasteiger partial charge in [0, 0.05) is 11.3 Å². The molecule has 0 saturated heterocycles. The minimum atomic E-state index is -3.72. The molecule has 6 nitrogen and oxygen atoms in total. The predicted molar refractivity (Wildman–Crippen MR) is 88.1 cm³/mol. The minimum Gasteiger partial charge on any atom is -0.494 e. The van der Waals surface area contributed by atoms with Crippen LogP contribution < -0.4 is 15.2 Å². The van der Waals surface area contributed by atoms with E-state index < -0.39 is 15.9 Å². The third-order valence-electron chi connectivity index (χ3n) is 3.18. The molecule has 23 heavy (non-hydrogen) atoms. The number of aryl methyl sites for hydroxylation is 1. The van der Waals surface area contributed by atoms with Crippen LogP contribution in [-0.2, 0) is 10.0 Å². The van der Waals surface area contributed by atoms with Crippen molar-refractivity contribution in [3.05, 3.63) is 53.6 Å². The number of hydrogen-bond donors (Lipinski definition) is 2. The predicted octanol–water partition coefficient (Wildman–Crippen LogP) is 2.29. The lowest BCUT2D eigenvalue weighted by molar-refractivity contribution is 0.100. The van der Waals surface area contributed by atoms with E-state index in [1.807, 2.05) is 6.92 Å². The van der Waals surface area contributed by atoms with Gasteiger partial charge in [0.25, 0.3) is 10.0 Å². The van der Waals surface area contributed by atoms with Crippen LogP contribution in [0.15, 0.2) is 47.4 Å². The molecule has 122 valence electrons. The van der Waals surface area contributed by atoms with Gasteiger partial charge in [0.2, 0.25) is 5.91 Å². The third-order valence-corrected chi connectivity index (χ3v) is 4.56. The number of rotatable bonds is 6. The average molecular weight is 334 g/mol. The van der Waals surface area contributed by atoms with Gasteiger partial charge in [0.1, 0.15) is 5.75 Å². The number of hydrogen-bond acceptors (Lipinski definition) is 4. The zero-order valence-corrected chi connectivity index (χ0v) is 13.7. The molecule has 2 aromatic carbocycles. The fourth-order valence-corrected chi connectivity index (χ4v) is 3.17. The van der Waals surface area contributed by atoms with Crippen molar-refractivity contribution in [3.63, 3.8) is 0 Å². The van der Waals surface area contributed by atoms with E-state index in [2.05, 4.69) is 4.72 Å². The maximum absolute atomic E-state index is 12.4. The number of sulfonamides is 1. The van der Waals surface area contributed by atoms with Crippen molar-refractivity contribution in [3.8, 4) is 5.75 Å². The molecule has 0 unspecified atom stereocenters. The molecule has 0 aromatic heterocycles. The number of primary amides is 1. The number of nitrogens with one attached hydrogen (secondary N) is 1. The Morgan fingerprint density at radius 2 is 1.83 bits per heavy atom. The lowest BCUT2D eigenvalue weighted by atomic mass is 10.2. The molecule has 0 aliphatic carbocycles. The molecule has 0 fully saturated rings. The van der Waals surface area contributed by atoms with Gasteiger partial charge in [-0.1, -0.05) is 0 Å². The Balaban J connectivity index is 2.24. The molecule has 1 amide bonds. The molecule has 0 heterocycles. The largest absolute Gasteiger partial charge is 0.494 e. The summed E-state index contributed by atoms with van der Waals surface area (Å²) in [5.41, 5.74) is 6.54. The van der Waals surface area contributed by atoms with E-state index >= 15 is 0 Å². The number of ether oxygens (including phenoxy) is 1. The van der Waals surface area contributed by atoms with Crippen LogP contribution in [0.5, 0.6) is 5.75 Å². The molecule has 0 spiro atoms. The van der Waals surface area contributed by atoms with Crippen LogP contribution in [0.2, 0.25) is 0 Å². The molecule has 0 aliphatic heterocycles. The molecule has 3 N–H and O–H groups in total. The first kappa shape index (κ1) is 16.8. The summed E-state index contributed by atoms with van der Waals surface area (Å²) in [6.45, 7) is 4.16. The molecule has 7 heteroatoms. The molecule has 2 rings (SSSR count). The van der Waals surface area contributed by atoms with E-state index in [4.69, 9.17) is 10.5 Å². The van der Waals surface area contributed by atoms with Gasteiger partial charge in [-0.2, -0.15) is 0 Å². The topological polar surface area (TPSA) is 98.5 Å². The summed E-state index contributed by atoms with van der Waals surface area (Å²) in [6, 6.07) is 10.6. The smallest absolute Gasteiger partial charge is 0.261 e. The number of benzene rings is 2. The average Bonchev–Trinajstić information content (AvgIpc) is 2.49. The van der Waals surface area contributed by atoms with Crippen molar-refractivity contribution in [1.29, 1.82) is 0 Å². The summed E-state index contributed by atoms with van der Waals surface area (Å²) < 4.78 is 32.7. The number of carbonyl (C=O) groups is 1. The Morgan fingerprint density at radius 1 is 1.17 bits per heavy atom. The Labute approximate surface area is 135 Å². The highest BCUT2D eigenvalue weighted by Gasteiger charge is 2.16. The van der Waals surface area contributed by atoms with E-state index in [0.717, 1.165) is 5.56 Å². The van der Waals surface area contributed by atoms with Crippen molar-refractivity contribution >= 4 is 21.6 Å². The van der Waals surface area contributed by atoms with Gasteiger partial charge in [-0.15, -0.1) is 0 Å². The monoisotopic (exact) mass is 334 g/mol. The highest BCUT2D eigenvalue weighted by Crippen LogP contribution is 2.23. The van der Waals surface area contributed by atoms with E-state index in [1.54, 1.807) is 19.1 Å². The first-order chi connectivity index (χ1) is 10.8. The van der Waals surface area contributed by atoms with Crippen molar-refractivity contribution in [2.75, 3.05) is 11.3 Å². The normalized spacial score (nSPS) is 11.0. The van der Waals surface area contributed by atoms with Gasteiger partial charge < -0.3 is 10.5 Å². The van der Waals surface area contributed by atoms with Gasteiger partial charge in [0.05, 0.1) is 11.5 Å². The molecular formula is C16H18N2O4S. The van der Waals surface area contributed by atoms with Crippen LogP contribution in [0.1, 0.15) is 22.8 Å². The summed E-state index contributed by atoms with van der Waals surface area (Å²) >= 11 is 0. The fourth-order valence-electron chi connectivity index (χ4n) is 2.02. The van der Waals surface area contributed by atoms with Crippen molar-refractivity contribution in [1.82, 2.24) is 0 Å². The van der Waals surface area contributed by atoms with Crippen LogP contribution in [0.4, 0.5) is 5.69 Å². The SMILES string of the molecule is CCOc1ccc(S(=O)(=O)Nc2ccc(C(N)=O)cc2)cc1C. The van der Waals surface area contributed by atoms with Gasteiger partial charge in [-0.25, -0.2) is 8.42 Å². The van der Waals surface area contributed by atoms with Gasteiger partial charge in [-0.3, -0.25) is 9.52 Å². The van der Waals surface area contributed by atoms with E-state index in [1.165, 1.54) is 30.3 Å². The second kappa shape index (κ2) is 6.70. The summed E-state index contributed by atoms with van der Waals surface area (Å²) in [5, 5.41) is 0. The molecule has 0 radical (unpaired) electrons.